The van der Waals surface area contributed by atoms with Crippen LogP contribution in [0, 0.1) is 0 Å². The lowest BCUT2D eigenvalue weighted by molar-refractivity contribution is 0.582. The zero-order valence-electron chi connectivity index (χ0n) is 26.1. The highest BCUT2D eigenvalue weighted by Gasteiger charge is 2.47. The monoisotopic (exact) mass is 541 g/mol. The topological polar surface area (TPSA) is 3.24 Å². The molecule has 0 aromatic heterocycles. The normalized spacial score (nSPS) is 17.1. The Hall–Kier alpha value is -3.04. The van der Waals surface area contributed by atoms with Gasteiger partial charge in [0.05, 0.1) is 0 Å². The first kappa shape index (κ1) is 27.1. The van der Waals surface area contributed by atoms with E-state index in [2.05, 4.69) is 158 Å². The second-order valence-electron chi connectivity index (χ2n) is 15.2. The summed E-state index contributed by atoms with van der Waals surface area (Å²) in [4.78, 5) is 2.72. The van der Waals surface area contributed by atoms with Gasteiger partial charge in [-0.3, -0.25) is 0 Å². The molecule has 4 aromatic carbocycles. The van der Waals surface area contributed by atoms with Gasteiger partial charge in [0.25, 0.3) is 0 Å². The van der Waals surface area contributed by atoms with Crippen molar-refractivity contribution in [2.24, 2.45) is 0 Å². The minimum Gasteiger partial charge on any atom is -0.376 e. The summed E-state index contributed by atoms with van der Waals surface area (Å²) < 4.78 is 0. The van der Waals surface area contributed by atoms with Crippen LogP contribution >= 0.6 is 0 Å². The number of rotatable bonds is 1. The molecule has 2 aliphatic rings. The molecule has 0 fully saturated rings. The van der Waals surface area contributed by atoms with Gasteiger partial charge < -0.3 is 4.81 Å². The number of benzene rings is 4. The lowest BCUT2D eigenvalue weighted by Gasteiger charge is -2.48. The number of hydrogen-bond donors (Lipinski definition) is 0. The van der Waals surface area contributed by atoms with Crippen molar-refractivity contribution < 1.29 is 0 Å². The average molecular weight is 542 g/mol. The average Bonchev–Trinajstić information content (AvgIpc) is 2.89. The molecule has 1 nitrogen and oxygen atoms in total. The van der Waals surface area contributed by atoms with Gasteiger partial charge in [0.15, 0.2) is 0 Å². The third-order valence-electron chi connectivity index (χ3n) is 9.71. The van der Waals surface area contributed by atoms with Gasteiger partial charge in [-0.1, -0.05) is 163 Å². The molecule has 0 unspecified atom stereocenters. The lowest BCUT2D eigenvalue weighted by Crippen LogP contribution is -2.77. The summed E-state index contributed by atoms with van der Waals surface area (Å²) in [5, 5.41) is 3.12. The Kier molecular flexibility index (Phi) is 5.92. The number of nitrogens with zero attached hydrogens (tertiary/aromatic N) is 1. The van der Waals surface area contributed by atoms with E-state index in [1.54, 1.807) is 10.4 Å². The first-order valence-corrected chi connectivity index (χ1v) is 17.9. The van der Waals surface area contributed by atoms with Crippen molar-refractivity contribution >= 4 is 47.6 Å². The summed E-state index contributed by atoms with van der Waals surface area (Å²) in [6.45, 7) is 24.0. The predicted molar refractivity (Wildman–Crippen MR) is 179 cm³/mol. The van der Waals surface area contributed by atoms with Crippen LogP contribution < -0.4 is 26.1 Å². The van der Waals surface area contributed by atoms with Crippen molar-refractivity contribution in [1.82, 2.24) is 0 Å². The zero-order chi connectivity index (χ0) is 28.8. The zero-order valence-corrected chi connectivity index (χ0v) is 27.1. The van der Waals surface area contributed by atoms with Gasteiger partial charge in [-0.25, -0.2) is 0 Å². The molecule has 0 amide bonds. The first-order valence-electron chi connectivity index (χ1n) is 14.9. The maximum absolute atomic E-state index is 2.72. The molecule has 0 spiro atoms. The van der Waals surface area contributed by atoms with E-state index in [9.17, 15) is 0 Å². The standard InChI is InChI=1S/C37H44BNSi/c1-35(2,3)25-19-21-27-31(23-25)39(32-24-26(36(4,5)6)20-22-28(32)37(27,7)8)38-29-15-11-13-17-33(29)40(9,10)34-18-14-12-16-30(34)38/h11-24H,1-10H3. The molecule has 0 saturated carbocycles. The van der Waals surface area contributed by atoms with E-state index in [1.165, 1.54) is 44.6 Å². The molecular formula is C37H44BNSi. The van der Waals surface area contributed by atoms with E-state index in [0.717, 1.165) is 0 Å². The SMILES string of the molecule is CC(C)(C)c1ccc2c(c1)N(B1c3ccccc3[Si](C)(C)c3ccccc31)c1cc(C(C)(C)C)ccc1C2(C)C. The van der Waals surface area contributed by atoms with E-state index >= 15 is 0 Å². The van der Waals surface area contributed by atoms with Crippen LogP contribution in [-0.2, 0) is 16.2 Å². The van der Waals surface area contributed by atoms with Crippen molar-refractivity contribution in [3.05, 3.63) is 107 Å². The maximum Gasteiger partial charge on any atom is 0.327 e. The van der Waals surface area contributed by atoms with E-state index < -0.39 is 8.07 Å². The highest BCUT2D eigenvalue weighted by molar-refractivity contribution is 7.11. The molecule has 6 rings (SSSR count). The first-order chi connectivity index (χ1) is 18.6. The highest BCUT2D eigenvalue weighted by atomic mass is 28.3. The summed E-state index contributed by atoms with van der Waals surface area (Å²) in [6.07, 6.45) is 0. The Bertz CT molecular complexity index is 1520. The Morgan fingerprint density at radius 3 is 1.40 bits per heavy atom. The van der Waals surface area contributed by atoms with Crippen molar-refractivity contribution in [2.75, 3.05) is 4.81 Å². The molecule has 0 aliphatic carbocycles. The lowest BCUT2D eigenvalue weighted by atomic mass is 9.47. The van der Waals surface area contributed by atoms with Gasteiger partial charge in [0, 0.05) is 16.8 Å². The number of hydrogen-bond acceptors (Lipinski definition) is 1. The quantitative estimate of drug-likeness (QED) is 0.235. The fraction of sp³-hybridized carbons (Fsp3) is 0.351. The fourth-order valence-corrected chi connectivity index (χ4v) is 10.4. The Balaban J connectivity index is 1.74. The Morgan fingerprint density at radius 1 is 0.600 bits per heavy atom. The summed E-state index contributed by atoms with van der Waals surface area (Å²) >= 11 is 0. The summed E-state index contributed by atoms with van der Waals surface area (Å²) in [6, 6.07) is 33.2. The molecule has 3 heteroatoms. The van der Waals surface area contributed by atoms with Crippen molar-refractivity contribution in [3.8, 4) is 0 Å². The summed E-state index contributed by atoms with van der Waals surface area (Å²) in [5.41, 5.74) is 11.3. The molecule has 0 atom stereocenters. The van der Waals surface area contributed by atoms with Gasteiger partial charge in [-0.15, -0.1) is 0 Å². The van der Waals surface area contributed by atoms with Gasteiger partial charge in [-0.2, -0.15) is 0 Å². The molecule has 40 heavy (non-hydrogen) atoms. The third-order valence-corrected chi connectivity index (χ3v) is 13.3. The van der Waals surface area contributed by atoms with Crippen LogP contribution in [0.4, 0.5) is 11.4 Å². The predicted octanol–water partition coefficient (Wildman–Crippen LogP) is 7.00. The minimum absolute atomic E-state index is 0.0651. The smallest absolute Gasteiger partial charge is 0.327 e. The molecule has 0 saturated heterocycles. The van der Waals surface area contributed by atoms with Crippen LogP contribution in [0.25, 0.3) is 0 Å². The maximum atomic E-state index is 2.72. The van der Waals surface area contributed by atoms with Crippen LogP contribution in [-0.4, -0.2) is 14.9 Å². The molecule has 4 aromatic rings. The second-order valence-corrected chi connectivity index (χ2v) is 19.5. The molecule has 204 valence electrons. The van der Waals surface area contributed by atoms with E-state index in [1.807, 2.05) is 0 Å². The molecule has 2 heterocycles. The molecular weight excluding hydrogens is 497 g/mol. The van der Waals surface area contributed by atoms with Crippen LogP contribution in [0.3, 0.4) is 0 Å². The third kappa shape index (κ3) is 3.96. The summed E-state index contributed by atoms with van der Waals surface area (Å²) in [5.74, 6) is 0. The highest BCUT2D eigenvalue weighted by Crippen LogP contribution is 2.51. The number of anilines is 2. The molecule has 0 bridgehead atoms. The van der Waals surface area contributed by atoms with Gasteiger partial charge in [0.2, 0.25) is 0 Å². The molecule has 0 radical (unpaired) electrons. The van der Waals surface area contributed by atoms with Crippen molar-refractivity contribution in [1.29, 1.82) is 0 Å². The van der Waals surface area contributed by atoms with E-state index in [0.29, 0.717) is 0 Å². The molecule has 0 N–H and O–H groups in total. The van der Waals surface area contributed by atoms with Crippen LogP contribution in [0.2, 0.25) is 13.1 Å². The van der Waals surface area contributed by atoms with Gasteiger partial charge in [-0.05, 0) is 45.2 Å². The van der Waals surface area contributed by atoms with Crippen LogP contribution in [0.15, 0.2) is 84.9 Å². The van der Waals surface area contributed by atoms with Crippen molar-refractivity contribution in [3.63, 3.8) is 0 Å². The number of fused-ring (bicyclic) bond motifs is 4. The second kappa shape index (κ2) is 8.73. The van der Waals surface area contributed by atoms with Gasteiger partial charge in [0.1, 0.15) is 8.07 Å². The van der Waals surface area contributed by atoms with Gasteiger partial charge >= 0.3 is 6.85 Å². The van der Waals surface area contributed by atoms with E-state index in [4.69, 9.17) is 0 Å². The Morgan fingerprint density at radius 2 is 1.00 bits per heavy atom. The minimum atomic E-state index is -1.86. The Labute approximate surface area is 243 Å². The summed E-state index contributed by atoms with van der Waals surface area (Å²) in [7, 11) is -1.86. The molecule has 2 aliphatic heterocycles. The van der Waals surface area contributed by atoms with Crippen molar-refractivity contribution in [2.45, 2.75) is 84.7 Å². The van der Waals surface area contributed by atoms with E-state index in [-0.39, 0.29) is 23.1 Å². The van der Waals surface area contributed by atoms with Crippen LogP contribution in [0.5, 0.6) is 0 Å². The fourth-order valence-electron chi connectivity index (χ4n) is 7.21. The van der Waals surface area contributed by atoms with Crippen LogP contribution in [0.1, 0.15) is 77.6 Å². The largest absolute Gasteiger partial charge is 0.376 e.